The fourth-order valence-electron chi connectivity index (χ4n) is 2.34. The van der Waals surface area contributed by atoms with Gasteiger partial charge in [-0.15, -0.1) is 0 Å². The van der Waals surface area contributed by atoms with E-state index in [0.717, 1.165) is 31.4 Å². The van der Waals surface area contributed by atoms with Gasteiger partial charge < -0.3 is 10.5 Å². The highest BCUT2D eigenvalue weighted by atomic mass is 16.5. The van der Waals surface area contributed by atoms with E-state index in [0.29, 0.717) is 6.10 Å². The van der Waals surface area contributed by atoms with Crippen LogP contribution in [-0.4, -0.2) is 19.3 Å². The summed E-state index contributed by atoms with van der Waals surface area (Å²) in [6.07, 6.45) is 5.37. The van der Waals surface area contributed by atoms with E-state index in [9.17, 15) is 0 Å². The van der Waals surface area contributed by atoms with Crippen LogP contribution < -0.4 is 5.73 Å². The average Bonchev–Trinajstić information content (AvgIpc) is 2.03. The molecule has 1 aliphatic rings. The van der Waals surface area contributed by atoms with E-state index in [-0.39, 0.29) is 0 Å². The van der Waals surface area contributed by atoms with Crippen molar-refractivity contribution in [2.24, 2.45) is 17.6 Å². The Morgan fingerprint density at radius 2 is 1.77 bits per heavy atom. The van der Waals surface area contributed by atoms with Crippen LogP contribution >= 0.6 is 0 Å². The Balaban J connectivity index is 2.17. The Bertz CT molecular complexity index is 128. The molecule has 0 heterocycles. The summed E-state index contributed by atoms with van der Waals surface area (Å²) in [5.41, 5.74) is 5.42. The molecule has 78 valence electrons. The van der Waals surface area contributed by atoms with E-state index in [4.69, 9.17) is 10.5 Å². The topological polar surface area (TPSA) is 35.2 Å². The minimum absolute atomic E-state index is 0.505. The number of nitrogens with two attached hydrogens (primary N) is 1. The van der Waals surface area contributed by atoms with Crippen molar-refractivity contribution < 1.29 is 4.74 Å². The first kappa shape index (κ1) is 11.0. The van der Waals surface area contributed by atoms with Gasteiger partial charge in [0.1, 0.15) is 0 Å². The number of hydrogen-bond donors (Lipinski definition) is 1. The summed E-state index contributed by atoms with van der Waals surface area (Å²) in [6, 6.07) is 0. The molecule has 2 heteroatoms. The lowest BCUT2D eigenvalue weighted by molar-refractivity contribution is 0.000771. The molecule has 0 bridgehead atoms. The summed E-state index contributed by atoms with van der Waals surface area (Å²) >= 11 is 0. The molecule has 2 N–H and O–H groups in total. The molecule has 2 atom stereocenters. The van der Waals surface area contributed by atoms with Crippen molar-refractivity contribution in [3.8, 4) is 0 Å². The minimum Gasteiger partial charge on any atom is -0.378 e. The fourth-order valence-corrected chi connectivity index (χ4v) is 2.34. The molecule has 2 nitrogen and oxygen atoms in total. The zero-order valence-electron chi connectivity index (χ0n) is 8.96. The highest BCUT2D eigenvalue weighted by molar-refractivity contribution is 4.75. The van der Waals surface area contributed by atoms with Crippen molar-refractivity contribution >= 4 is 0 Å². The lowest BCUT2D eigenvalue weighted by atomic mass is 9.82. The van der Waals surface area contributed by atoms with Crippen LogP contribution in [0.1, 0.15) is 39.5 Å². The number of rotatable bonds is 4. The molecule has 1 rings (SSSR count). The third kappa shape index (κ3) is 4.10. The molecule has 0 saturated heterocycles. The fraction of sp³-hybridized carbons (Fsp3) is 1.00. The molecule has 1 fully saturated rings. The second-order valence-corrected chi connectivity index (χ2v) is 4.55. The number of ether oxygens (including phenoxy) is 1. The predicted octanol–water partition coefficient (Wildman–Crippen LogP) is 2.18. The molecule has 0 aromatic heterocycles. The van der Waals surface area contributed by atoms with Crippen LogP contribution in [0.4, 0.5) is 0 Å². The van der Waals surface area contributed by atoms with E-state index in [1.54, 1.807) is 0 Å². The zero-order valence-corrected chi connectivity index (χ0v) is 8.96. The van der Waals surface area contributed by atoms with Gasteiger partial charge in [0.25, 0.3) is 0 Å². The second-order valence-electron chi connectivity index (χ2n) is 4.55. The van der Waals surface area contributed by atoms with Gasteiger partial charge in [0.2, 0.25) is 0 Å². The zero-order chi connectivity index (χ0) is 9.68. The third-order valence-electron chi connectivity index (χ3n) is 2.84. The van der Waals surface area contributed by atoms with Gasteiger partial charge >= 0.3 is 0 Å². The van der Waals surface area contributed by atoms with Crippen LogP contribution in [0, 0.1) is 11.8 Å². The molecule has 0 aromatic carbocycles. The van der Waals surface area contributed by atoms with Crippen LogP contribution in [0.25, 0.3) is 0 Å². The van der Waals surface area contributed by atoms with Gasteiger partial charge in [-0.3, -0.25) is 0 Å². The SMILES string of the molecule is CC1CC(C)CC(OCCCN)C1. The van der Waals surface area contributed by atoms with Crippen molar-refractivity contribution in [1.82, 2.24) is 0 Å². The first-order valence-electron chi connectivity index (χ1n) is 5.54. The minimum atomic E-state index is 0.505. The smallest absolute Gasteiger partial charge is 0.0580 e. The van der Waals surface area contributed by atoms with Crippen LogP contribution in [-0.2, 0) is 4.74 Å². The lowest BCUT2D eigenvalue weighted by Crippen LogP contribution is -2.26. The van der Waals surface area contributed by atoms with Crippen LogP contribution in [0.5, 0.6) is 0 Å². The lowest BCUT2D eigenvalue weighted by Gasteiger charge is -2.31. The first-order chi connectivity index (χ1) is 6.22. The summed E-state index contributed by atoms with van der Waals surface area (Å²) in [5, 5.41) is 0. The van der Waals surface area contributed by atoms with Crippen molar-refractivity contribution in [3.05, 3.63) is 0 Å². The Morgan fingerprint density at radius 1 is 1.15 bits per heavy atom. The van der Waals surface area contributed by atoms with Crippen LogP contribution in [0.2, 0.25) is 0 Å². The highest BCUT2D eigenvalue weighted by Gasteiger charge is 2.23. The molecule has 0 spiro atoms. The summed E-state index contributed by atoms with van der Waals surface area (Å²) < 4.78 is 5.78. The van der Waals surface area contributed by atoms with Gasteiger partial charge in [0, 0.05) is 6.61 Å². The molecular weight excluding hydrogens is 162 g/mol. The third-order valence-corrected chi connectivity index (χ3v) is 2.84. The standard InChI is InChI=1S/C11H23NO/c1-9-6-10(2)8-11(7-9)13-5-3-4-12/h9-11H,3-8,12H2,1-2H3. The monoisotopic (exact) mass is 185 g/mol. The Labute approximate surface area is 81.8 Å². The quantitative estimate of drug-likeness (QED) is 0.681. The summed E-state index contributed by atoms with van der Waals surface area (Å²) in [7, 11) is 0. The molecule has 0 amide bonds. The Kier molecular flexibility index (Phi) is 4.74. The van der Waals surface area contributed by atoms with E-state index < -0.39 is 0 Å². The summed E-state index contributed by atoms with van der Waals surface area (Å²) in [5.74, 6) is 1.68. The highest BCUT2D eigenvalue weighted by Crippen LogP contribution is 2.30. The van der Waals surface area contributed by atoms with Gasteiger partial charge in [-0.25, -0.2) is 0 Å². The van der Waals surface area contributed by atoms with Crippen molar-refractivity contribution in [1.29, 1.82) is 0 Å². The largest absolute Gasteiger partial charge is 0.378 e. The maximum absolute atomic E-state index is 5.78. The Hall–Kier alpha value is -0.0800. The van der Waals surface area contributed by atoms with Crippen molar-refractivity contribution in [2.45, 2.75) is 45.6 Å². The Morgan fingerprint density at radius 3 is 2.31 bits per heavy atom. The van der Waals surface area contributed by atoms with Gasteiger partial charge in [0.05, 0.1) is 6.10 Å². The van der Waals surface area contributed by atoms with Crippen molar-refractivity contribution in [2.75, 3.05) is 13.2 Å². The maximum Gasteiger partial charge on any atom is 0.0580 e. The molecule has 13 heavy (non-hydrogen) atoms. The van der Waals surface area contributed by atoms with Crippen molar-refractivity contribution in [3.63, 3.8) is 0 Å². The summed E-state index contributed by atoms with van der Waals surface area (Å²) in [6.45, 7) is 6.25. The number of hydrogen-bond acceptors (Lipinski definition) is 2. The first-order valence-corrected chi connectivity index (χ1v) is 5.54. The molecule has 2 unspecified atom stereocenters. The van der Waals surface area contributed by atoms with Crippen LogP contribution in [0.15, 0.2) is 0 Å². The summed E-state index contributed by atoms with van der Waals surface area (Å²) in [4.78, 5) is 0. The molecule has 1 saturated carbocycles. The molecule has 0 radical (unpaired) electrons. The van der Waals surface area contributed by atoms with E-state index >= 15 is 0 Å². The van der Waals surface area contributed by atoms with E-state index in [2.05, 4.69) is 13.8 Å². The van der Waals surface area contributed by atoms with Gasteiger partial charge in [-0.05, 0) is 44.1 Å². The van der Waals surface area contributed by atoms with E-state index in [1.165, 1.54) is 19.3 Å². The maximum atomic E-state index is 5.78. The molecule has 0 aromatic rings. The molecule has 1 aliphatic carbocycles. The molecule has 0 aliphatic heterocycles. The van der Waals surface area contributed by atoms with E-state index in [1.807, 2.05) is 0 Å². The predicted molar refractivity (Wildman–Crippen MR) is 55.6 cm³/mol. The molecular formula is C11H23NO. The van der Waals surface area contributed by atoms with Gasteiger partial charge in [-0.1, -0.05) is 13.8 Å². The van der Waals surface area contributed by atoms with Gasteiger partial charge in [0.15, 0.2) is 0 Å². The normalized spacial score (nSPS) is 34.8. The second kappa shape index (κ2) is 5.61. The average molecular weight is 185 g/mol. The van der Waals surface area contributed by atoms with Crippen LogP contribution in [0.3, 0.4) is 0 Å². The van der Waals surface area contributed by atoms with Gasteiger partial charge in [-0.2, -0.15) is 0 Å².